The smallest absolute Gasteiger partial charge is 0.0503 e. The van der Waals surface area contributed by atoms with Crippen molar-refractivity contribution in [2.45, 2.75) is 45.6 Å². The molecular formula is C14H23N3. The van der Waals surface area contributed by atoms with E-state index in [0.29, 0.717) is 5.92 Å². The van der Waals surface area contributed by atoms with Crippen molar-refractivity contribution in [2.75, 3.05) is 0 Å². The molecule has 1 aromatic heterocycles. The molecule has 1 fully saturated rings. The molecule has 0 bridgehead atoms. The lowest BCUT2D eigenvalue weighted by molar-refractivity contribution is 0.224. The van der Waals surface area contributed by atoms with Gasteiger partial charge in [-0.15, -0.1) is 0 Å². The van der Waals surface area contributed by atoms with E-state index < -0.39 is 0 Å². The first-order valence-electron chi connectivity index (χ1n) is 6.58. The molecule has 3 unspecified atom stereocenters. The molecule has 3 atom stereocenters. The summed E-state index contributed by atoms with van der Waals surface area (Å²) in [5, 5.41) is 0. The molecule has 1 aliphatic rings. The van der Waals surface area contributed by atoms with Gasteiger partial charge in [-0.1, -0.05) is 25.8 Å². The number of pyridine rings is 1. The van der Waals surface area contributed by atoms with Crippen LogP contribution in [-0.2, 0) is 0 Å². The van der Waals surface area contributed by atoms with Crippen LogP contribution in [0.3, 0.4) is 0 Å². The summed E-state index contributed by atoms with van der Waals surface area (Å²) in [7, 11) is 0. The number of aryl methyl sites for hydroxylation is 1. The Bertz CT molecular complexity index is 364. The van der Waals surface area contributed by atoms with Crippen molar-refractivity contribution in [1.82, 2.24) is 10.4 Å². The molecule has 3 nitrogen and oxygen atoms in total. The van der Waals surface area contributed by atoms with E-state index in [9.17, 15) is 0 Å². The van der Waals surface area contributed by atoms with Gasteiger partial charge in [-0.25, -0.2) is 0 Å². The van der Waals surface area contributed by atoms with Gasteiger partial charge in [-0.3, -0.25) is 16.3 Å². The highest BCUT2D eigenvalue weighted by atomic mass is 15.2. The molecule has 2 rings (SSSR count). The first kappa shape index (κ1) is 12.5. The molecule has 1 heterocycles. The van der Waals surface area contributed by atoms with Crippen molar-refractivity contribution in [3.63, 3.8) is 0 Å². The summed E-state index contributed by atoms with van der Waals surface area (Å²) in [6.07, 6.45) is 9.05. The van der Waals surface area contributed by atoms with Crippen LogP contribution < -0.4 is 11.3 Å². The van der Waals surface area contributed by atoms with Crippen molar-refractivity contribution in [1.29, 1.82) is 0 Å². The van der Waals surface area contributed by atoms with Crippen LogP contribution in [0, 0.1) is 18.8 Å². The van der Waals surface area contributed by atoms with Crippen LogP contribution in [0.1, 0.15) is 49.8 Å². The number of hydrazine groups is 1. The van der Waals surface area contributed by atoms with Crippen LogP contribution >= 0.6 is 0 Å². The molecule has 1 saturated carbocycles. The summed E-state index contributed by atoms with van der Waals surface area (Å²) in [6.45, 7) is 4.42. The lowest BCUT2D eigenvalue weighted by atomic mass is 9.77. The minimum Gasteiger partial charge on any atom is -0.271 e. The quantitative estimate of drug-likeness (QED) is 0.623. The van der Waals surface area contributed by atoms with Gasteiger partial charge in [-0.05, 0) is 42.7 Å². The first-order chi connectivity index (χ1) is 8.20. The van der Waals surface area contributed by atoms with E-state index in [0.717, 1.165) is 5.92 Å². The van der Waals surface area contributed by atoms with E-state index >= 15 is 0 Å². The Hall–Kier alpha value is -0.930. The maximum absolute atomic E-state index is 5.75. The van der Waals surface area contributed by atoms with Crippen LogP contribution in [0.4, 0.5) is 0 Å². The lowest BCUT2D eigenvalue weighted by Gasteiger charge is -2.33. The Morgan fingerprint density at radius 3 is 2.88 bits per heavy atom. The van der Waals surface area contributed by atoms with E-state index in [1.807, 2.05) is 12.4 Å². The second-order valence-corrected chi connectivity index (χ2v) is 5.47. The Morgan fingerprint density at radius 1 is 1.41 bits per heavy atom. The van der Waals surface area contributed by atoms with Crippen molar-refractivity contribution < 1.29 is 0 Å². The van der Waals surface area contributed by atoms with Gasteiger partial charge >= 0.3 is 0 Å². The number of nitrogens with zero attached hydrogens (tertiary/aromatic N) is 1. The third kappa shape index (κ3) is 3.05. The van der Waals surface area contributed by atoms with E-state index in [-0.39, 0.29) is 6.04 Å². The Kier molecular flexibility index (Phi) is 4.13. The molecule has 0 aliphatic heterocycles. The van der Waals surface area contributed by atoms with E-state index in [1.165, 1.54) is 36.8 Å². The molecule has 94 valence electrons. The fourth-order valence-electron chi connectivity index (χ4n) is 3.04. The van der Waals surface area contributed by atoms with Crippen molar-refractivity contribution in [2.24, 2.45) is 17.7 Å². The monoisotopic (exact) mass is 233 g/mol. The number of nitrogens with two attached hydrogens (primary N) is 1. The van der Waals surface area contributed by atoms with Gasteiger partial charge in [0.1, 0.15) is 0 Å². The predicted octanol–water partition coefficient (Wildman–Crippen LogP) is 2.72. The first-order valence-corrected chi connectivity index (χ1v) is 6.58. The molecule has 0 spiro atoms. The number of rotatable bonds is 3. The number of hydrogen-bond donors (Lipinski definition) is 2. The average molecular weight is 233 g/mol. The summed E-state index contributed by atoms with van der Waals surface area (Å²) in [5.74, 6) is 7.22. The summed E-state index contributed by atoms with van der Waals surface area (Å²) >= 11 is 0. The molecule has 3 heteroatoms. The van der Waals surface area contributed by atoms with Gasteiger partial charge in [0.2, 0.25) is 0 Å². The third-order valence-electron chi connectivity index (χ3n) is 3.88. The van der Waals surface area contributed by atoms with Crippen LogP contribution in [-0.4, -0.2) is 4.98 Å². The minimum absolute atomic E-state index is 0.255. The molecule has 0 amide bonds. The maximum atomic E-state index is 5.75. The highest BCUT2D eigenvalue weighted by Gasteiger charge is 2.27. The topological polar surface area (TPSA) is 50.9 Å². The summed E-state index contributed by atoms with van der Waals surface area (Å²) < 4.78 is 0. The SMILES string of the molecule is Cc1cncc(C(NN)C2CCCC(C)C2)c1. The van der Waals surface area contributed by atoms with Crippen LogP contribution in [0.15, 0.2) is 18.5 Å². The van der Waals surface area contributed by atoms with Crippen LogP contribution in [0.5, 0.6) is 0 Å². The zero-order valence-corrected chi connectivity index (χ0v) is 10.8. The van der Waals surface area contributed by atoms with E-state index in [1.54, 1.807) is 0 Å². The summed E-state index contributed by atoms with van der Waals surface area (Å²) in [6, 6.07) is 2.45. The second kappa shape index (κ2) is 5.61. The van der Waals surface area contributed by atoms with Crippen molar-refractivity contribution in [3.8, 4) is 0 Å². The summed E-state index contributed by atoms with van der Waals surface area (Å²) in [5.41, 5.74) is 5.42. The highest BCUT2D eigenvalue weighted by Crippen LogP contribution is 2.36. The van der Waals surface area contributed by atoms with Gasteiger partial charge in [-0.2, -0.15) is 0 Å². The Morgan fingerprint density at radius 2 is 2.24 bits per heavy atom. The van der Waals surface area contributed by atoms with E-state index in [4.69, 9.17) is 5.84 Å². The fourth-order valence-corrected chi connectivity index (χ4v) is 3.04. The highest BCUT2D eigenvalue weighted by molar-refractivity contribution is 5.20. The summed E-state index contributed by atoms with van der Waals surface area (Å²) in [4.78, 5) is 4.27. The van der Waals surface area contributed by atoms with Gasteiger partial charge in [0.05, 0.1) is 6.04 Å². The second-order valence-electron chi connectivity index (χ2n) is 5.47. The zero-order valence-electron chi connectivity index (χ0n) is 10.8. The van der Waals surface area contributed by atoms with Gasteiger partial charge in [0, 0.05) is 12.4 Å². The van der Waals surface area contributed by atoms with Crippen molar-refractivity contribution >= 4 is 0 Å². The number of aromatic nitrogens is 1. The molecule has 3 N–H and O–H groups in total. The zero-order chi connectivity index (χ0) is 12.3. The molecule has 0 aromatic carbocycles. The standard InChI is InChI=1S/C14H23N3/c1-10-4-3-5-12(6-10)14(17-15)13-7-11(2)8-16-9-13/h7-10,12,14,17H,3-6,15H2,1-2H3. The maximum Gasteiger partial charge on any atom is 0.0503 e. The third-order valence-corrected chi connectivity index (χ3v) is 3.88. The molecular weight excluding hydrogens is 210 g/mol. The number of hydrogen-bond acceptors (Lipinski definition) is 3. The molecule has 1 aliphatic carbocycles. The Balaban J connectivity index is 2.15. The molecule has 0 radical (unpaired) electrons. The van der Waals surface area contributed by atoms with Gasteiger partial charge in [0.15, 0.2) is 0 Å². The van der Waals surface area contributed by atoms with Gasteiger partial charge in [0.25, 0.3) is 0 Å². The number of nitrogens with one attached hydrogen (secondary N) is 1. The van der Waals surface area contributed by atoms with Crippen LogP contribution in [0.2, 0.25) is 0 Å². The fraction of sp³-hybridized carbons (Fsp3) is 0.643. The Labute approximate surface area is 104 Å². The van der Waals surface area contributed by atoms with E-state index in [2.05, 4.69) is 30.3 Å². The predicted molar refractivity (Wildman–Crippen MR) is 70.2 cm³/mol. The minimum atomic E-state index is 0.255. The van der Waals surface area contributed by atoms with Gasteiger partial charge < -0.3 is 0 Å². The van der Waals surface area contributed by atoms with Crippen molar-refractivity contribution in [3.05, 3.63) is 29.6 Å². The molecule has 1 aromatic rings. The lowest BCUT2D eigenvalue weighted by Crippen LogP contribution is -2.35. The molecule has 17 heavy (non-hydrogen) atoms. The molecule has 0 saturated heterocycles. The average Bonchev–Trinajstić information content (AvgIpc) is 2.30. The largest absolute Gasteiger partial charge is 0.271 e. The van der Waals surface area contributed by atoms with Crippen LogP contribution in [0.25, 0.3) is 0 Å². The normalized spacial score (nSPS) is 26.8.